The van der Waals surface area contributed by atoms with Crippen molar-refractivity contribution in [2.75, 3.05) is 26.4 Å². The van der Waals surface area contributed by atoms with Gasteiger partial charge in [0, 0.05) is 0 Å². The molecule has 0 heterocycles. The topological polar surface area (TPSA) is 196 Å². The second-order valence-electron chi connectivity index (χ2n) is 3.70. The van der Waals surface area contributed by atoms with Gasteiger partial charge in [-0.15, -0.1) is 0 Å². The summed E-state index contributed by atoms with van der Waals surface area (Å²) in [4.78, 5) is 19.5. The average Bonchev–Trinajstić information content (AvgIpc) is 2.40. The van der Waals surface area contributed by atoms with Gasteiger partial charge < -0.3 is 40.9 Å². The van der Waals surface area contributed by atoms with Crippen molar-refractivity contribution in [2.24, 2.45) is 5.41 Å². The molecule has 0 rings (SSSR count). The second-order valence-corrected chi connectivity index (χ2v) is 3.70. The van der Waals surface area contributed by atoms with Crippen LogP contribution < -0.4 is 0 Å². The quantitative estimate of drug-likeness (QED) is 0.227. The second kappa shape index (κ2) is 9.61. The number of carbonyl (C=O) groups is 2. The average molecular weight is 286 g/mol. The van der Waals surface area contributed by atoms with Gasteiger partial charge in [-0.1, -0.05) is 0 Å². The third-order valence-electron chi connectivity index (χ3n) is 2.15. The normalized spacial score (nSPS) is 14.0. The third-order valence-corrected chi connectivity index (χ3v) is 2.15. The first-order chi connectivity index (χ1) is 8.71. The standard InChI is InChI=1S/C5H12O4.C4H6O6/c6-1-5(2-7,3-8)4-9;5-1(3(7)8)2(6)4(9)10/h6-9H,1-4H2;1-2,5-6H,(H,7,8)(H,9,10). The Balaban J connectivity index is 0. The molecular formula is C9H18O10. The maximum Gasteiger partial charge on any atom is 0.335 e. The Labute approximate surface area is 107 Å². The van der Waals surface area contributed by atoms with Crippen LogP contribution in [0.15, 0.2) is 0 Å². The summed E-state index contributed by atoms with van der Waals surface area (Å²) in [6, 6.07) is 0. The van der Waals surface area contributed by atoms with Crippen LogP contribution in [0.1, 0.15) is 0 Å². The molecule has 0 aromatic carbocycles. The van der Waals surface area contributed by atoms with E-state index in [4.69, 9.17) is 40.9 Å². The molecule has 0 aromatic rings. The van der Waals surface area contributed by atoms with Crippen LogP contribution in [0.4, 0.5) is 0 Å². The maximum absolute atomic E-state index is 9.77. The lowest BCUT2D eigenvalue weighted by atomic mass is 9.93. The molecule has 10 nitrogen and oxygen atoms in total. The maximum atomic E-state index is 9.77. The van der Waals surface area contributed by atoms with E-state index >= 15 is 0 Å². The van der Waals surface area contributed by atoms with Gasteiger partial charge in [0.1, 0.15) is 0 Å². The molecule has 0 aromatic heterocycles. The van der Waals surface area contributed by atoms with E-state index in [-0.39, 0.29) is 0 Å². The highest BCUT2D eigenvalue weighted by Crippen LogP contribution is 2.11. The van der Waals surface area contributed by atoms with Crippen LogP contribution in [-0.4, -0.2) is 91.4 Å². The van der Waals surface area contributed by atoms with E-state index in [9.17, 15) is 9.59 Å². The molecule has 19 heavy (non-hydrogen) atoms. The van der Waals surface area contributed by atoms with Gasteiger partial charge in [0.05, 0.1) is 31.8 Å². The Morgan fingerprint density at radius 3 is 1.00 bits per heavy atom. The van der Waals surface area contributed by atoms with E-state index < -0.39 is 56.0 Å². The van der Waals surface area contributed by atoms with Gasteiger partial charge in [-0.3, -0.25) is 0 Å². The molecule has 0 aliphatic rings. The van der Waals surface area contributed by atoms with Crippen molar-refractivity contribution in [3.05, 3.63) is 0 Å². The van der Waals surface area contributed by atoms with E-state index in [0.717, 1.165) is 0 Å². The minimum atomic E-state index is -2.27. The van der Waals surface area contributed by atoms with Gasteiger partial charge in [0.2, 0.25) is 0 Å². The lowest BCUT2D eigenvalue weighted by Gasteiger charge is -2.23. The minimum absolute atomic E-state index is 0.406. The van der Waals surface area contributed by atoms with Crippen molar-refractivity contribution in [3.8, 4) is 0 Å². The zero-order valence-corrected chi connectivity index (χ0v) is 9.88. The molecular weight excluding hydrogens is 268 g/mol. The van der Waals surface area contributed by atoms with E-state index in [0.29, 0.717) is 0 Å². The van der Waals surface area contributed by atoms with Crippen molar-refractivity contribution in [1.82, 2.24) is 0 Å². The van der Waals surface area contributed by atoms with Gasteiger partial charge >= 0.3 is 11.9 Å². The van der Waals surface area contributed by atoms with Crippen LogP contribution in [0.25, 0.3) is 0 Å². The summed E-state index contributed by atoms with van der Waals surface area (Å²) in [5.41, 5.74) is -1.11. The molecule has 114 valence electrons. The number of aliphatic carboxylic acids is 2. The van der Waals surface area contributed by atoms with Crippen molar-refractivity contribution in [1.29, 1.82) is 0 Å². The number of hydrogen-bond donors (Lipinski definition) is 8. The zero-order chi connectivity index (χ0) is 15.6. The highest BCUT2D eigenvalue weighted by molar-refractivity contribution is 5.83. The zero-order valence-electron chi connectivity index (χ0n) is 9.88. The monoisotopic (exact) mass is 286 g/mol. The number of rotatable bonds is 7. The van der Waals surface area contributed by atoms with Gasteiger partial charge in [0.25, 0.3) is 0 Å². The smallest absolute Gasteiger partial charge is 0.335 e. The SMILES string of the molecule is O=C(O)C(O)C(O)C(=O)O.OCC(CO)(CO)CO. The summed E-state index contributed by atoms with van der Waals surface area (Å²) < 4.78 is 0. The molecule has 2 atom stereocenters. The molecule has 0 saturated heterocycles. The van der Waals surface area contributed by atoms with Crippen LogP contribution in [0.3, 0.4) is 0 Å². The Hall–Kier alpha value is -1.30. The lowest BCUT2D eigenvalue weighted by molar-refractivity contribution is -0.165. The summed E-state index contributed by atoms with van der Waals surface area (Å²) in [6.45, 7) is -1.62. The first-order valence-electron chi connectivity index (χ1n) is 4.96. The third kappa shape index (κ3) is 7.00. The number of aliphatic hydroxyl groups is 6. The lowest BCUT2D eigenvalue weighted by Crippen LogP contribution is -2.39. The molecule has 0 spiro atoms. The fourth-order valence-electron chi connectivity index (χ4n) is 0.570. The fourth-order valence-corrected chi connectivity index (χ4v) is 0.570. The van der Waals surface area contributed by atoms with E-state index in [1.54, 1.807) is 0 Å². The predicted octanol–water partition coefficient (Wildman–Crippen LogP) is -4.18. The molecule has 0 aliphatic carbocycles. The predicted molar refractivity (Wildman–Crippen MR) is 58.1 cm³/mol. The molecule has 0 saturated carbocycles. The van der Waals surface area contributed by atoms with Crippen LogP contribution in [0.5, 0.6) is 0 Å². The summed E-state index contributed by atoms with van der Waals surface area (Å²) in [6.07, 6.45) is -4.53. The van der Waals surface area contributed by atoms with Crippen molar-refractivity contribution in [3.63, 3.8) is 0 Å². The van der Waals surface area contributed by atoms with Crippen molar-refractivity contribution < 1.29 is 50.4 Å². The van der Waals surface area contributed by atoms with E-state index in [1.807, 2.05) is 0 Å². The largest absolute Gasteiger partial charge is 0.479 e. The van der Waals surface area contributed by atoms with Crippen molar-refractivity contribution >= 4 is 11.9 Å². The fraction of sp³-hybridized carbons (Fsp3) is 0.778. The summed E-state index contributed by atoms with van der Waals surface area (Å²) in [5.74, 6) is -3.54. The number of carboxylic acid groups (broad SMARTS) is 2. The first-order valence-corrected chi connectivity index (χ1v) is 4.96. The number of hydrogen-bond acceptors (Lipinski definition) is 8. The van der Waals surface area contributed by atoms with E-state index in [1.165, 1.54) is 0 Å². The first kappa shape index (κ1) is 20.0. The van der Waals surface area contributed by atoms with Crippen LogP contribution >= 0.6 is 0 Å². The van der Waals surface area contributed by atoms with Gasteiger partial charge in [0.15, 0.2) is 12.2 Å². The van der Waals surface area contributed by atoms with E-state index in [2.05, 4.69) is 0 Å². The number of carboxylic acids is 2. The highest BCUT2D eigenvalue weighted by atomic mass is 16.4. The summed E-state index contributed by atoms with van der Waals surface area (Å²) in [7, 11) is 0. The Morgan fingerprint density at radius 2 is 0.947 bits per heavy atom. The van der Waals surface area contributed by atoms with Crippen molar-refractivity contribution in [2.45, 2.75) is 12.2 Å². The number of aliphatic hydroxyl groups excluding tert-OH is 6. The van der Waals surface area contributed by atoms with Crippen LogP contribution in [0, 0.1) is 5.41 Å². The van der Waals surface area contributed by atoms with Gasteiger partial charge in [-0.25, -0.2) is 9.59 Å². The Morgan fingerprint density at radius 1 is 0.737 bits per heavy atom. The highest BCUT2D eigenvalue weighted by Gasteiger charge is 2.29. The molecule has 0 bridgehead atoms. The van der Waals surface area contributed by atoms with Gasteiger partial charge in [-0.2, -0.15) is 0 Å². The van der Waals surface area contributed by atoms with Crippen LogP contribution in [-0.2, 0) is 9.59 Å². The molecule has 8 N–H and O–H groups in total. The Kier molecular flexibility index (Phi) is 10.1. The molecule has 0 radical (unpaired) electrons. The van der Waals surface area contributed by atoms with Crippen LogP contribution in [0.2, 0.25) is 0 Å². The summed E-state index contributed by atoms with van der Waals surface area (Å²) in [5, 5.41) is 66.5. The minimum Gasteiger partial charge on any atom is -0.479 e. The molecule has 10 heteroatoms. The molecule has 2 unspecified atom stereocenters. The van der Waals surface area contributed by atoms with Gasteiger partial charge in [-0.05, 0) is 0 Å². The molecule has 0 fully saturated rings. The molecule has 0 aliphatic heterocycles. The summed E-state index contributed by atoms with van der Waals surface area (Å²) >= 11 is 0. The Bertz CT molecular complexity index is 239. The molecule has 0 amide bonds.